The van der Waals surface area contributed by atoms with Crippen molar-refractivity contribution in [1.82, 2.24) is 0 Å². The lowest BCUT2D eigenvalue weighted by Crippen LogP contribution is -2.26. The molecule has 92 valence electrons. The number of hydrogen-bond donors (Lipinski definition) is 1. The molecular weight excluding hydrogens is 278 g/mol. The third-order valence-corrected chi connectivity index (χ3v) is 4.24. The lowest BCUT2D eigenvalue weighted by molar-refractivity contribution is 0.350. The summed E-state index contributed by atoms with van der Waals surface area (Å²) in [5.41, 5.74) is 1.46. The minimum atomic E-state index is 0.122. The maximum absolute atomic E-state index is 7.80. The number of nitrogens with one attached hydrogen (secondary N) is 1. The second-order valence-corrected chi connectivity index (χ2v) is 5.72. The fourth-order valence-corrected chi connectivity index (χ4v) is 3.22. The topological polar surface area (TPSA) is 33.1 Å². The van der Waals surface area contributed by atoms with Crippen LogP contribution in [0, 0.1) is 5.41 Å². The predicted molar refractivity (Wildman–Crippen MR) is 73.6 cm³/mol. The number of hydrogen-bond acceptors (Lipinski definition) is 2. The highest BCUT2D eigenvalue weighted by Crippen LogP contribution is 2.44. The van der Waals surface area contributed by atoms with Crippen LogP contribution in [0.1, 0.15) is 37.7 Å². The first-order valence-electron chi connectivity index (χ1n) is 6.04. The monoisotopic (exact) mass is 295 g/mol. The van der Waals surface area contributed by atoms with E-state index in [0.717, 1.165) is 23.7 Å². The molecule has 1 fully saturated rings. The predicted octanol–water partition coefficient (Wildman–Crippen LogP) is 4.27. The van der Waals surface area contributed by atoms with E-state index < -0.39 is 0 Å². The van der Waals surface area contributed by atoms with Crippen molar-refractivity contribution in [1.29, 1.82) is 5.41 Å². The van der Waals surface area contributed by atoms with Crippen LogP contribution in [0.3, 0.4) is 0 Å². The normalized spacial score (nSPS) is 18.0. The molecule has 3 heteroatoms. The van der Waals surface area contributed by atoms with Crippen LogP contribution >= 0.6 is 15.9 Å². The van der Waals surface area contributed by atoms with Gasteiger partial charge < -0.3 is 4.74 Å². The average molecular weight is 296 g/mol. The molecular formula is C14H18BrNO. The van der Waals surface area contributed by atoms with Crippen molar-refractivity contribution in [3.05, 3.63) is 34.3 Å². The smallest absolute Gasteiger partial charge is 0.180 e. The molecule has 1 aliphatic carbocycles. The van der Waals surface area contributed by atoms with E-state index >= 15 is 0 Å². The molecule has 2 rings (SSSR count). The summed E-state index contributed by atoms with van der Waals surface area (Å²) in [5, 5.41) is 7.80. The van der Waals surface area contributed by atoms with Crippen LogP contribution in [0.5, 0.6) is 0 Å². The Morgan fingerprint density at radius 3 is 2.71 bits per heavy atom. The van der Waals surface area contributed by atoms with Gasteiger partial charge in [-0.1, -0.05) is 40.9 Å². The molecule has 0 aromatic heterocycles. The Kier molecular flexibility index (Phi) is 3.87. The van der Waals surface area contributed by atoms with Crippen molar-refractivity contribution < 1.29 is 4.74 Å². The Balaban J connectivity index is 2.30. The molecule has 0 amide bonds. The van der Waals surface area contributed by atoms with Gasteiger partial charge in [-0.25, -0.2) is 0 Å². The molecule has 1 aromatic carbocycles. The Labute approximate surface area is 111 Å². The van der Waals surface area contributed by atoms with Gasteiger partial charge in [0, 0.05) is 16.3 Å². The molecule has 1 aromatic rings. The summed E-state index contributed by atoms with van der Waals surface area (Å²) in [4.78, 5) is 0. The number of halogens is 1. The van der Waals surface area contributed by atoms with Crippen LogP contribution in [0.2, 0.25) is 0 Å². The summed E-state index contributed by atoms with van der Waals surface area (Å²) < 4.78 is 6.18. The number of rotatable bonds is 3. The SMILES string of the molecule is COC(=N)CC1(c2cccc(Br)c2)CCCC1. The van der Waals surface area contributed by atoms with Crippen molar-refractivity contribution in [2.24, 2.45) is 0 Å². The van der Waals surface area contributed by atoms with Crippen molar-refractivity contribution in [3.8, 4) is 0 Å². The zero-order valence-corrected chi connectivity index (χ0v) is 11.7. The van der Waals surface area contributed by atoms with Gasteiger partial charge in [0.25, 0.3) is 0 Å². The molecule has 0 spiro atoms. The average Bonchev–Trinajstić information content (AvgIpc) is 2.79. The van der Waals surface area contributed by atoms with Gasteiger partial charge in [-0.2, -0.15) is 0 Å². The fraction of sp³-hybridized carbons (Fsp3) is 0.500. The molecule has 1 aliphatic rings. The van der Waals surface area contributed by atoms with Crippen LogP contribution in [0.25, 0.3) is 0 Å². The van der Waals surface area contributed by atoms with Crippen molar-refractivity contribution >= 4 is 21.8 Å². The lowest BCUT2D eigenvalue weighted by Gasteiger charge is -2.29. The van der Waals surface area contributed by atoms with Gasteiger partial charge in [0.1, 0.15) is 0 Å². The van der Waals surface area contributed by atoms with Gasteiger partial charge >= 0.3 is 0 Å². The van der Waals surface area contributed by atoms with Crippen LogP contribution in [-0.2, 0) is 10.2 Å². The van der Waals surface area contributed by atoms with Crippen molar-refractivity contribution in [3.63, 3.8) is 0 Å². The molecule has 0 unspecified atom stereocenters. The lowest BCUT2D eigenvalue weighted by atomic mass is 9.76. The number of benzene rings is 1. The van der Waals surface area contributed by atoms with Gasteiger partial charge in [0.05, 0.1) is 7.11 Å². The second kappa shape index (κ2) is 5.21. The fourth-order valence-electron chi connectivity index (χ4n) is 2.82. The standard InChI is InChI=1S/C14H18BrNO/c1-17-13(16)10-14(7-2-3-8-14)11-5-4-6-12(15)9-11/h4-6,9,16H,2-3,7-8,10H2,1H3. The van der Waals surface area contributed by atoms with Gasteiger partial charge in [-0.3, -0.25) is 5.41 Å². The van der Waals surface area contributed by atoms with E-state index in [1.165, 1.54) is 18.4 Å². The highest BCUT2D eigenvalue weighted by Gasteiger charge is 2.37. The molecule has 17 heavy (non-hydrogen) atoms. The zero-order chi connectivity index (χ0) is 12.3. The highest BCUT2D eigenvalue weighted by molar-refractivity contribution is 9.10. The van der Waals surface area contributed by atoms with E-state index in [4.69, 9.17) is 10.1 Å². The summed E-state index contributed by atoms with van der Waals surface area (Å²) in [6, 6.07) is 8.50. The van der Waals surface area contributed by atoms with E-state index in [0.29, 0.717) is 5.90 Å². The molecule has 1 N–H and O–H groups in total. The van der Waals surface area contributed by atoms with Gasteiger partial charge in [-0.15, -0.1) is 0 Å². The first-order valence-corrected chi connectivity index (χ1v) is 6.83. The third-order valence-electron chi connectivity index (χ3n) is 3.74. The third kappa shape index (κ3) is 2.71. The molecule has 0 heterocycles. The van der Waals surface area contributed by atoms with Gasteiger partial charge in [0.15, 0.2) is 5.90 Å². The van der Waals surface area contributed by atoms with Crippen LogP contribution in [0.4, 0.5) is 0 Å². The molecule has 2 nitrogen and oxygen atoms in total. The Bertz CT molecular complexity index is 410. The molecule has 0 bridgehead atoms. The molecule has 1 saturated carbocycles. The van der Waals surface area contributed by atoms with E-state index in [9.17, 15) is 0 Å². The Morgan fingerprint density at radius 1 is 1.41 bits per heavy atom. The summed E-state index contributed by atoms with van der Waals surface area (Å²) in [6.45, 7) is 0. The van der Waals surface area contributed by atoms with E-state index in [2.05, 4.69) is 34.1 Å². The maximum atomic E-state index is 7.80. The van der Waals surface area contributed by atoms with Gasteiger partial charge in [-0.05, 0) is 30.5 Å². The van der Waals surface area contributed by atoms with Crippen LogP contribution < -0.4 is 0 Å². The van der Waals surface area contributed by atoms with Gasteiger partial charge in [0.2, 0.25) is 0 Å². The number of ether oxygens (including phenoxy) is 1. The number of methoxy groups -OCH3 is 1. The first-order chi connectivity index (χ1) is 8.16. The summed E-state index contributed by atoms with van der Waals surface area (Å²) in [6.07, 6.45) is 5.55. The Hall–Kier alpha value is -0.830. The maximum Gasteiger partial charge on any atom is 0.180 e. The Morgan fingerprint density at radius 2 is 2.12 bits per heavy atom. The molecule has 0 saturated heterocycles. The largest absolute Gasteiger partial charge is 0.484 e. The summed E-state index contributed by atoms with van der Waals surface area (Å²) in [7, 11) is 1.59. The molecule has 0 atom stereocenters. The summed E-state index contributed by atoms with van der Waals surface area (Å²) in [5.74, 6) is 0.395. The van der Waals surface area contributed by atoms with E-state index in [-0.39, 0.29) is 5.41 Å². The van der Waals surface area contributed by atoms with Crippen LogP contribution in [0.15, 0.2) is 28.7 Å². The summed E-state index contributed by atoms with van der Waals surface area (Å²) >= 11 is 3.53. The minimum Gasteiger partial charge on any atom is -0.484 e. The molecule has 0 radical (unpaired) electrons. The minimum absolute atomic E-state index is 0.122. The quantitative estimate of drug-likeness (QED) is 0.655. The second-order valence-electron chi connectivity index (χ2n) is 4.80. The molecule has 0 aliphatic heterocycles. The van der Waals surface area contributed by atoms with E-state index in [1.807, 2.05) is 6.07 Å². The van der Waals surface area contributed by atoms with Crippen molar-refractivity contribution in [2.75, 3.05) is 7.11 Å². The van der Waals surface area contributed by atoms with Crippen LogP contribution in [-0.4, -0.2) is 13.0 Å². The first kappa shape index (κ1) is 12.6. The zero-order valence-electron chi connectivity index (χ0n) is 10.1. The van der Waals surface area contributed by atoms with Crippen molar-refractivity contribution in [2.45, 2.75) is 37.5 Å². The highest BCUT2D eigenvalue weighted by atomic mass is 79.9. The van der Waals surface area contributed by atoms with E-state index in [1.54, 1.807) is 7.11 Å².